The molecule has 0 saturated heterocycles. The van der Waals surface area contributed by atoms with Crippen molar-refractivity contribution in [1.29, 1.82) is 0 Å². The van der Waals surface area contributed by atoms with E-state index in [1.807, 2.05) is 0 Å². The smallest absolute Gasteiger partial charge is 0.324 e. The van der Waals surface area contributed by atoms with E-state index in [1.165, 1.54) is 32.1 Å². The van der Waals surface area contributed by atoms with Crippen LogP contribution < -0.4 is 0 Å². The van der Waals surface area contributed by atoms with Crippen LogP contribution in [0.4, 0.5) is 0 Å². The molecule has 0 aliphatic heterocycles. The first kappa shape index (κ1) is 15.2. The fourth-order valence-corrected chi connectivity index (χ4v) is 2.08. The lowest BCUT2D eigenvalue weighted by atomic mass is 10.1. The molecule has 0 heterocycles. The maximum atomic E-state index is 10.8. The second-order valence-electron chi connectivity index (χ2n) is 4.35. The third-order valence-electron chi connectivity index (χ3n) is 2.80. The minimum atomic E-state index is -3.82. The molecule has 1 unspecified atom stereocenters. The van der Waals surface area contributed by atoms with Crippen LogP contribution in [-0.2, 0) is 4.57 Å². The van der Waals surface area contributed by atoms with Gasteiger partial charge >= 0.3 is 7.60 Å². The van der Waals surface area contributed by atoms with Crippen molar-refractivity contribution in [2.45, 2.75) is 70.9 Å². The van der Waals surface area contributed by atoms with Gasteiger partial charge in [-0.1, -0.05) is 58.8 Å². The summed E-state index contributed by atoms with van der Waals surface area (Å²) < 4.78 is 10.8. The summed E-state index contributed by atoms with van der Waals surface area (Å²) >= 11 is 0. The zero-order chi connectivity index (χ0) is 11.7. The third-order valence-corrected chi connectivity index (χ3v) is 4.21. The number of unbranched alkanes of at least 4 members (excludes halogenated alkanes) is 6. The van der Waals surface area contributed by atoms with Gasteiger partial charge in [0, 0.05) is 0 Å². The van der Waals surface area contributed by atoms with E-state index in [-0.39, 0.29) is 0 Å². The molecular formula is C11H25O3P. The molecule has 0 aromatic carbocycles. The molecule has 4 heteroatoms. The quantitative estimate of drug-likeness (QED) is 0.474. The van der Waals surface area contributed by atoms with Gasteiger partial charge in [0.15, 0.2) is 0 Å². The fourth-order valence-electron chi connectivity index (χ4n) is 1.57. The maximum Gasteiger partial charge on any atom is 0.328 e. The van der Waals surface area contributed by atoms with Crippen molar-refractivity contribution in [3.05, 3.63) is 0 Å². The number of rotatable bonds is 9. The summed E-state index contributed by atoms with van der Waals surface area (Å²) in [6.45, 7) is 3.83. The van der Waals surface area contributed by atoms with Crippen LogP contribution in [-0.4, -0.2) is 15.4 Å². The lowest BCUT2D eigenvalue weighted by Gasteiger charge is -2.12. The second kappa shape index (κ2) is 8.32. The van der Waals surface area contributed by atoms with E-state index in [0.717, 1.165) is 12.8 Å². The van der Waals surface area contributed by atoms with E-state index in [0.29, 0.717) is 6.42 Å². The Balaban J connectivity index is 3.28. The molecule has 15 heavy (non-hydrogen) atoms. The zero-order valence-electron chi connectivity index (χ0n) is 9.98. The van der Waals surface area contributed by atoms with E-state index in [4.69, 9.17) is 9.79 Å². The molecule has 1 atom stereocenters. The van der Waals surface area contributed by atoms with Gasteiger partial charge in [-0.3, -0.25) is 4.57 Å². The maximum absolute atomic E-state index is 10.8. The van der Waals surface area contributed by atoms with Crippen LogP contribution in [0, 0.1) is 0 Å². The molecular weight excluding hydrogens is 211 g/mol. The molecule has 2 N–H and O–H groups in total. The summed E-state index contributed by atoms with van der Waals surface area (Å²) in [4.78, 5) is 17.7. The molecule has 3 nitrogen and oxygen atoms in total. The SMILES string of the molecule is CCCCCCCCCC(C)P(=O)(O)O. The highest BCUT2D eigenvalue weighted by Gasteiger charge is 2.22. The Morgan fingerprint density at radius 1 is 1.00 bits per heavy atom. The molecule has 0 amide bonds. The molecule has 0 aromatic rings. The molecule has 0 bridgehead atoms. The van der Waals surface area contributed by atoms with Crippen LogP contribution in [0.3, 0.4) is 0 Å². The Kier molecular flexibility index (Phi) is 8.40. The largest absolute Gasteiger partial charge is 0.328 e. The number of hydrogen-bond donors (Lipinski definition) is 2. The van der Waals surface area contributed by atoms with E-state index in [9.17, 15) is 4.57 Å². The summed E-state index contributed by atoms with van der Waals surface area (Å²) in [6, 6.07) is 0. The van der Waals surface area contributed by atoms with Gasteiger partial charge in [-0.2, -0.15) is 0 Å². The predicted molar refractivity (Wildman–Crippen MR) is 64.1 cm³/mol. The van der Waals surface area contributed by atoms with Gasteiger partial charge in [0.05, 0.1) is 5.66 Å². The van der Waals surface area contributed by atoms with E-state index >= 15 is 0 Å². The normalized spacial score (nSPS) is 14.1. The van der Waals surface area contributed by atoms with Crippen LogP contribution in [0.15, 0.2) is 0 Å². The Labute approximate surface area is 93.4 Å². The van der Waals surface area contributed by atoms with Crippen molar-refractivity contribution in [2.75, 3.05) is 0 Å². The number of hydrogen-bond acceptors (Lipinski definition) is 1. The molecule has 0 aliphatic rings. The fraction of sp³-hybridized carbons (Fsp3) is 1.00. The van der Waals surface area contributed by atoms with Gasteiger partial charge in [0.1, 0.15) is 0 Å². The molecule has 0 aliphatic carbocycles. The van der Waals surface area contributed by atoms with Crippen molar-refractivity contribution >= 4 is 7.60 Å². The van der Waals surface area contributed by atoms with Crippen LogP contribution in [0.5, 0.6) is 0 Å². The minimum absolute atomic E-state index is 0.465. The van der Waals surface area contributed by atoms with Gasteiger partial charge in [-0.15, -0.1) is 0 Å². The first-order valence-electron chi connectivity index (χ1n) is 6.03. The van der Waals surface area contributed by atoms with Crippen LogP contribution in [0.25, 0.3) is 0 Å². The van der Waals surface area contributed by atoms with Crippen molar-refractivity contribution in [3.63, 3.8) is 0 Å². The van der Waals surface area contributed by atoms with Gasteiger partial charge in [-0.25, -0.2) is 0 Å². The van der Waals surface area contributed by atoms with Crippen LogP contribution >= 0.6 is 7.60 Å². The summed E-state index contributed by atoms with van der Waals surface area (Å²) in [5.74, 6) is 0. The first-order valence-corrected chi connectivity index (χ1v) is 7.72. The van der Waals surface area contributed by atoms with Crippen LogP contribution in [0.2, 0.25) is 0 Å². The van der Waals surface area contributed by atoms with Crippen LogP contribution in [0.1, 0.15) is 65.2 Å². The standard InChI is InChI=1S/C11H25O3P/c1-3-4-5-6-7-8-9-10-11(2)15(12,13)14/h11H,3-10H2,1-2H3,(H2,12,13,14). The third kappa shape index (κ3) is 9.10. The molecule has 0 rings (SSSR count). The lowest BCUT2D eigenvalue weighted by molar-refractivity contribution is 0.355. The summed E-state index contributed by atoms with van der Waals surface area (Å²) in [7, 11) is -3.82. The molecule has 0 radical (unpaired) electrons. The Morgan fingerprint density at radius 2 is 1.47 bits per heavy atom. The van der Waals surface area contributed by atoms with Crippen molar-refractivity contribution in [3.8, 4) is 0 Å². The van der Waals surface area contributed by atoms with E-state index in [1.54, 1.807) is 6.92 Å². The Morgan fingerprint density at radius 3 is 1.93 bits per heavy atom. The molecule has 0 aromatic heterocycles. The van der Waals surface area contributed by atoms with Gasteiger partial charge in [0.2, 0.25) is 0 Å². The van der Waals surface area contributed by atoms with Gasteiger partial charge in [0.25, 0.3) is 0 Å². The molecule has 0 fully saturated rings. The highest BCUT2D eigenvalue weighted by atomic mass is 31.2. The lowest BCUT2D eigenvalue weighted by Crippen LogP contribution is -2.02. The monoisotopic (exact) mass is 236 g/mol. The van der Waals surface area contributed by atoms with E-state index < -0.39 is 13.3 Å². The van der Waals surface area contributed by atoms with Crippen molar-refractivity contribution in [2.24, 2.45) is 0 Å². The van der Waals surface area contributed by atoms with Gasteiger partial charge in [-0.05, 0) is 6.42 Å². The topological polar surface area (TPSA) is 57.5 Å². The van der Waals surface area contributed by atoms with Gasteiger partial charge < -0.3 is 9.79 Å². The predicted octanol–water partition coefficient (Wildman–Crippen LogP) is 3.69. The minimum Gasteiger partial charge on any atom is -0.324 e. The average molecular weight is 236 g/mol. The average Bonchev–Trinajstić information content (AvgIpc) is 2.14. The summed E-state index contributed by atoms with van der Waals surface area (Å²) in [5, 5.41) is 0. The highest BCUT2D eigenvalue weighted by Crippen LogP contribution is 2.43. The Bertz CT molecular complexity index is 188. The highest BCUT2D eigenvalue weighted by molar-refractivity contribution is 7.52. The Hall–Kier alpha value is 0.150. The van der Waals surface area contributed by atoms with Crippen molar-refractivity contribution in [1.82, 2.24) is 0 Å². The second-order valence-corrected chi connectivity index (χ2v) is 6.41. The summed E-state index contributed by atoms with van der Waals surface area (Å²) in [5.41, 5.74) is -0.465. The van der Waals surface area contributed by atoms with Crippen molar-refractivity contribution < 1.29 is 14.4 Å². The zero-order valence-corrected chi connectivity index (χ0v) is 10.9. The molecule has 92 valence electrons. The molecule has 0 saturated carbocycles. The van der Waals surface area contributed by atoms with E-state index in [2.05, 4.69) is 6.92 Å². The molecule has 0 spiro atoms. The summed E-state index contributed by atoms with van der Waals surface area (Å²) in [6.07, 6.45) is 9.02. The first-order chi connectivity index (χ1) is 6.98.